The van der Waals surface area contributed by atoms with Crippen molar-refractivity contribution in [1.82, 2.24) is 5.32 Å². The summed E-state index contributed by atoms with van der Waals surface area (Å²) in [4.78, 5) is 11.0. The van der Waals surface area contributed by atoms with Gasteiger partial charge in [-0.3, -0.25) is 4.79 Å². The lowest BCUT2D eigenvalue weighted by Crippen LogP contribution is -2.24. The molecule has 106 valence electrons. The van der Waals surface area contributed by atoms with Crippen molar-refractivity contribution in [2.45, 2.75) is 18.6 Å². The van der Waals surface area contributed by atoms with E-state index in [-0.39, 0.29) is 22.6 Å². The van der Waals surface area contributed by atoms with Gasteiger partial charge in [0.25, 0.3) is 0 Å². The molecule has 0 amide bonds. The third kappa shape index (κ3) is 3.66. The summed E-state index contributed by atoms with van der Waals surface area (Å²) in [5.41, 5.74) is 0.350. The number of phenols is 1. The minimum absolute atomic E-state index is 0.120. The number of methoxy groups -OCH3 is 1. The van der Waals surface area contributed by atoms with Gasteiger partial charge in [-0.1, -0.05) is 0 Å². The van der Waals surface area contributed by atoms with Crippen LogP contribution in [0.3, 0.4) is 0 Å². The molecule has 1 rings (SSSR count). The first-order chi connectivity index (χ1) is 9.04. The van der Waals surface area contributed by atoms with Crippen LogP contribution in [0.25, 0.3) is 0 Å². The van der Waals surface area contributed by atoms with E-state index in [9.17, 15) is 20.1 Å². The van der Waals surface area contributed by atoms with Gasteiger partial charge in [0.15, 0.2) is 17.8 Å². The number of ether oxygens (including phenoxy) is 1. The maximum absolute atomic E-state index is 11.0. The van der Waals surface area contributed by atoms with Crippen LogP contribution < -0.4 is 10.1 Å². The van der Waals surface area contributed by atoms with Gasteiger partial charge in [0.1, 0.15) is 6.10 Å². The van der Waals surface area contributed by atoms with Crippen molar-refractivity contribution in [3.05, 3.63) is 23.3 Å². The van der Waals surface area contributed by atoms with E-state index in [2.05, 4.69) is 5.32 Å². The molecule has 19 heavy (non-hydrogen) atoms. The average molecular weight is 269 g/mol. The molecule has 0 aliphatic rings. The lowest BCUT2D eigenvalue weighted by molar-refractivity contribution is 0.0136. The molecule has 0 aliphatic carbocycles. The Morgan fingerprint density at radius 2 is 2.11 bits per heavy atom. The van der Waals surface area contributed by atoms with Crippen molar-refractivity contribution in [1.29, 1.82) is 0 Å². The van der Waals surface area contributed by atoms with Crippen molar-refractivity contribution in [2.75, 3.05) is 20.7 Å². The molecule has 0 heterocycles. The average Bonchev–Trinajstić information content (AvgIpc) is 2.43. The molecule has 0 bridgehead atoms. The van der Waals surface area contributed by atoms with Crippen LogP contribution in [0.5, 0.6) is 11.5 Å². The number of aldehydes is 1. The molecule has 2 unspecified atom stereocenters. The Morgan fingerprint density at radius 3 is 2.63 bits per heavy atom. The first kappa shape index (κ1) is 15.4. The molecule has 0 aromatic heterocycles. The van der Waals surface area contributed by atoms with Crippen LogP contribution >= 0.6 is 0 Å². The molecule has 2 atom stereocenters. The molecule has 0 radical (unpaired) electrons. The molecule has 0 aliphatic heterocycles. The topological polar surface area (TPSA) is 99.0 Å². The predicted octanol–water partition coefficient (Wildman–Crippen LogP) is 0.217. The van der Waals surface area contributed by atoms with E-state index in [0.717, 1.165) is 0 Å². The van der Waals surface area contributed by atoms with E-state index < -0.39 is 12.2 Å². The van der Waals surface area contributed by atoms with Crippen LogP contribution in [0, 0.1) is 0 Å². The second-order valence-corrected chi connectivity index (χ2v) is 4.18. The zero-order valence-electron chi connectivity index (χ0n) is 11.0. The Bertz CT molecular complexity index is 435. The van der Waals surface area contributed by atoms with Crippen LogP contribution in [0.15, 0.2) is 12.1 Å². The highest BCUT2D eigenvalue weighted by Gasteiger charge is 2.22. The zero-order valence-corrected chi connectivity index (χ0v) is 11.0. The zero-order chi connectivity index (χ0) is 14.4. The largest absolute Gasteiger partial charge is 0.504 e. The molecule has 1 aromatic rings. The number of aliphatic hydroxyl groups is 2. The number of phenolic OH excluding ortho intramolecular Hbond substituents is 1. The number of nitrogens with one attached hydrogen (secondary N) is 1. The lowest BCUT2D eigenvalue weighted by Gasteiger charge is -2.20. The van der Waals surface area contributed by atoms with Gasteiger partial charge in [-0.15, -0.1) is 0 Å². The van der Waals surface area contributed by atoms with Crippen LogP contribution in [-0.2, 0) is 0 Å². The van der Waals surface area contributed by atoms with Gasteiger partial charge in [-0.05, 0) is 37.7 Å². The quantitative estimate of drug-likeness (QED) is 0.528. The minimum atomic E-state index is -1.22. The number of carbonyl (C=O) groups is 1. The summed E-state index contributed by atoms with van der Waals surface area (Å²) in [6.45, 7) is 0.532. The van der Waals surface area contributed by atoms with Crippen molar-refractivity contribution in [3.8, 4) is 11.5 Å². The molecule has 0 saturated carbocycles. The highest BCUT2D eigenvalue weighted by atomic mass is 16.5. The Kier molecular flexibility index (Phi) is 5.75. The summed E-state index contributed by atoms with van der Waals surface area (Å²) < 4.78 is 4.93. The maximum atomic E-state index is 11.0. The van der Waals surface area contributed by atoms with Gasteiger partial charge in [0, 0.05) is 5.56 Å². The third-order valence-corrected chi connectivity index (χ3v) is 2.88. The van der Waals surface area contributed by atoms with Crippen molar-refractivity contribution in [2.24, 2.45) is 0 Å². The molecule has 0 saturated heterocycles. The van der Waals surface area contributed by atoms with Gasteiger partial charge in [-0.2, -0.15) is 0 Å². The fourth-order valence-electron chi connectivity index (χ4n) is 1.78. The van der Waals surface area contributed by atoms with Crippen LogP contribution in [-0.4, -0.2) is 48.4 Å². The van der Waals surface area contributed by atoms with E-state index >= 15 is 0 Å². The molecular weight excluding hydrogens is 250 g/mol. The van der Waals surface area contributed by atoms with Crippen LogP contribution in [0.4, 0.5) is 0 Å². The number of hydrogen-bond acceptors (Lipinski definition) is 6. The molecule has 6 nitrogen and oxygen atoms in total. The van der Waals surface area contributed by atoms with Crippen LogP contribution in [0.2, 0.25) is 0 Å². The Morgan fingerprint density at radius 1 is 1.42 bits per heavy atom. The predicted molar refractivity (Wildman–Crippen MR) is 69.6 cm³/mol. The van der Waals surface area contributed by atoms with Gasteiger partial charge >= 0.3 is 0 Å². The molecule has 1 aromatic carbocycles. The molecular formula is C13H19NO5. The highest BCUT2D eigenvalue weighted by molar-refractivity contribution is 5.79. The van der Waals surface area contributed by atoms with E-state index in [4.69, 9.17) is 4.74 Å². The summed E-state index contributed by atoms with van der Waals surface area (Å²) in [7, 11) is 3.10. The minimum Gasteiger partial charge on any atom is -0.504 e. The molecule has 0 spiro atoms. The van der Waals surface area contributed by atoms with E-state index in [1.54, 1.807) is 7.05 Å². The number of benzene rings is 1. The summed E-state index contributed by atoms with van der Waals surface area (Å²) in [5.74, 6) is -0.0502. The van der Waals surface area contributed by atoms with E-state index in [0.29, 0.717) is 19.3 Å². The second kappa shape index (κ2) is 7.08. The van der Waals surface area contributed by atoms with Crippen molar-refractivity contribution < 1.29 is 24.9 Å². The van der Waals surface area contributed by atoms with Crippen molar-refractivity contribution in [3.63, 3.8) is 0 Å². The van der Waals surface area contributed by atoms with Crippen molar-refractivity contribution >= 4 is 6.29 Å². The third-order valence-electron chi connectivity index (χ3n) is 2.88. The number of rotatable bonds is 7. The number of aliphatic hydroxyl groups excluding tert-OH is 2. The van der Waals surface area contributed by atoms with E-state index in [1.807, 2.05) is 0 Å². The Labute approximate surface area is 111 Å². The normalized spacial score (nSPS) is 13.9. The Hall–Kier alpha value is -1.63. The van der Waals surface area contributed by atoms with Crippen LogP contribution in [0.1, 0.15) is 28.4 Å². The number of hydrogen-bond donors (Lipinski definition) is 4. The standard InChI is InChI=1S/C13H19NO5/c1-14-4-3-10(16)13(18)9-6-12(19-2)11(17)5-8(9)7-15/h5-7,10,13-14,16-18H,3-4H2,1-2H3. The first-order valence-electron chi connectivity index (χ1n) is 5.92. The number of aromatic hydroxyl groups is 1. The summed E-state index contributed by atoms with van der Waals surface area (Å²) in [5, 5.41) is 32.3. The lowest BCUT2D eigenvalue weighted by atomic mass is 9.97. The first-order valence-corrected chi connectivity index (χ1v) is 5.92. The summed E-state index contributed by atoms with van der Waals surface area (Å²) >= 11 is 0. The van der Waals surface area contributed by atoms with Gasteiger partial charge in [0.05, 0.1) is 13.2 Å². The van der Waals surface area contributed by atoms with Gasteiger partial charge < -0.3 is 25.4 Å². The Balaban J connectivity index is 3.06. The smallest absolute Gasteiger partial charge is 0.160 e. The highest BCUT2D eigenvalue weighted by Crippen LogP contribution is 2.33. The fraction of sp³-hybridized carbons (Fsp3) is 0.462. The van der Waals surface area contributed by atoms with Gasteiger partial charge in [-0.25, -0.2) is 0 Å². The van der Waals surface area contributed by atoms with Gasteiger partial charge in [0.2, 0.25) is 0 Å². The maximum Gasteiger partial charge on any atom is 0.160 e. The second-order valence-electron chi connectivity index (χ2n) is 4.18. The molecule has 0 fully saturated rings. The number of carbonyl (C=O) groups excluding carboxylic acids is 1. The van der Waals surface area contributed by atoms with E-state index in [1.165, 1.54) is 19.2 Å². The summed E-state index contributed by atoms with van der Waals surface area (Å²) in [6.07, 6.45) is -1.38. The molecule has 6 heteroatoms. The monoisotopic (exact) mass is 269 g/mol. The SMILES string of the molecule is CNCCC(O)C(O)c1cc(OC)c(O)cc1C=O. The summed E-state index contributed by atoms with van der Waals surface area (Å²) in [6, 6.07) is 2.56. The molecule has 4 N–H and O–H groups in total. The fourth-order valence-corrected chi connectivity index (χ4v) is 1.78.